The van der Waals surface area contributed by atoms with Gasteiger partial charge in [-0.1, -0.05) is 39.0 Å². The van der Waals surface area contributed by atoms with E-state index in [4.69, 9.17) is 4.74 Å². The van der Waals surface area contributed by atoms with Crippen molar-refractivity contribution in [3.05, 3.63) is 59.2 Å². The third-order valence-corrected chi connectivity index (χ3v) is 3.58. The molecule has 2 rings (SSSR count). The highest BCUT2D eigenvalue weighted by molar-refractivity contribution is 5.38. The van der Waals surface area contributed by atoms with Crippen LogP contribution in [0.5, 0.6) is 11.5 Å². The molecule has 0 amide bonds. The van der Waals surface area contributed by atoms with Gasteiger partial charge in [0.05, 0.1) is 0 Å². The van der Waals surface area contributed by atoms with Gasteiger partial charge in [0.15, 0.2) is 0 Å². The standard InChI is InChI=1S/C19H25NO/c1-5-16-6-9-18(10-7-16)21-19-11-8-17(15(4)12-19)13-20-14(2)3/h6-12,14,20H,5,13H2,1-4H3. The summed E-state index contributed by atoms with van der Waals surface area (Å²) in [5.74, 6) is 1.78. The SMILES string of the molecule is CCc1ccc(Oc2ccc(CNC(C)C)c(C)c2)cc1. The molecule has 2 heteroatoms. The monoisotopic (exact) mass is 283 g/mol. The van der Waals surface area contributed by atoms with Crippen molar-refractivity contribution in [2.75, 3.05) is 0 Å². The van der Waals surface area contributed by atoms with Gasteiger partial charge in [0.25, 0.3) is 0 Å². The van der Waals surface area contributed by atoms with Crippen molar-refractivity contribution in [2.24, 2.45) is 0 Å². The molecule has 0 spiro atoms. The van der Waals surface area contributed by atoms with Crippen molar-refractivity contribution in [2.45, 2.75) is 46.7 Å². The fourth-order valence-electron chi connectivity index (χ4n) is 2.17. The smallest absolute Gasteiger partial charge is 0.127 e. The summed E-state index contributed by atoms with van der Waals surface area (Å²) in [4.78, 5) is 0. The fourth-order valence-corrected chi connectivity index (χ4v) is 2.17. The maximum atomic E-state index is 5.92. The minimum Gasteiger partial charge on any atom is -0.457 e. The molecule has 2 aromatic rings. The zero-order valence-electron chi connectivity index (χ0n) is 13.4. The number of hydrogen-bond acceptors (Lipinski definition) is 2. The van der Waals surface area contributed by atoms with Crippen molar-refractivity contribution in [1.82, 2.24) is 5.32 Å². The lowest BCUT2D eigenvalue weighted by Crippen LogP contribution is -2.22. The van der Waals surface area contributed by atoms with Gasteiger partial charge in [-0.2, -0.15) is 0 Å². The molecule has 0 aromatic heterocycles. The van der Waals surface area contributed by atoms with Gasteiger partial charge in [-0.15, -0.1) is 0 Å². The van der Waals surface area contributed by atoms with Gasteiger partial charge in [0.2, 0.25) is 0 Å². The first kappa shape index (κ1) is 15.6. The van der Waals surface area contributed by atoms with Crippen LogP contribution in [0.3, 0.4) is 0 Å². The predicted molar refractivity (Wildman–Crippen MR) is 89.0 cm³/mol. The lowest BCUT2D eigenvalue weighted by atomic mass is 10.1. The highest BCUT2D eigenvalue weighted by Crippen LogP contribution is 2.24. The zero-order valence-corrected chi connectivity index (χ0v) is 13.4. The van der Waals surface area contributed by atoms with E-state index in [-0.39, 0.29) is 0 Å². The van der Waals surface area contributed by atoms with Crippen molar-refractivity contribution in [3.63, 3.8) is 0 Å². The second kappa shape index (κ2) is 7.28. The van der Waals surface area contributed by atoms with Gasteiger partial charge in [-0.3, -0.25) is 0 Å². The van der Waals surface area contributed by atoms with Crippen molar-refractivity contribution >= 4 is 0 Å². The van der Waals surface area contributed by atoms with E-state index in [0.717, 1.165) is 24.5 Å². The number of hydrogen-bond donors (Lipinski definition) is 1. The van der Waals surface area contributed by atoms with Crippen LogP contribution in [0, 0.1) is 6.92 Å². The van der Waals surface area contributed by atoms with Crippen LogP contribution in [-0.2, 0) is 13.0 Å². The number of aryl methyl sites for hydroxylation is 2. The van der Waals surface area contributed by atoms with Crippen LogP contribution >= 0.6 is 0 Å². The van der Waals surface area contributed by atoms with Crippen LogP contribution in [0.1, 0.15) is 37.5 Å². The van der Waals surface area contributed by atoms with Crippen LogP contribution in [0.4, 0.5) is 0 Å². The average molecular weight is 283 g/mol. The number of benzene rings is 2. The zero-order chi connectivity index (χ0) is 15.2. The van der Waals surface area contributed by atoms with E-state index < -0.39 is 0 Å². The molecule has 0 aliphatic heterocycles. The molecule has 2 aromatic carbocycles. The summed E-state index contributed by atoms with van der Waals surface area (Å²) in [6, 6.07) is 15.1. The Labute approximate surface area is 128 Å². The van der Waals surface area contributed by atoms with Crippen LogP contribution < -0.4 is 10.1 Å². The van der Waals surface area contributed by atoms with Crippen molar-refractivity contribution < 1.29 is 4.74 Å². The van der Waals surface area contributed by atoms with E-state index in [2.05, 4.69) is 57.3 Å². The summed E-state index contributed by atoms with van der Waals surface area (Å²) < 4.78 is 5.92. The van der Waals surface area contributed by atoms with Crippen molar-refractivity contribution in [3.8, 4) is 11.5 Å². The molecule has 112 valence electrons. The van der Waals surface area contributed by atoms with E-state index in [0.29, 0.717) is 6.04 Å². The first-order valence-corrected chi connectivity index (χ1v) is 7.68. The normalized spacial score (nSPS) is 10.9. The van der Waals surface area contributed by atoms with E-state index in [9.17, 15) is 0 Å². The molecule has 0 unspecified atom stereocenters. The van der Waals surface area contributed by atoms with Crippen LogP contribution in [-0.4, -0.2) is 6.04 Å². The molecular weight excluding hydrogens is 258 g/mol. The maximum Gasteiger partial charge on any atom is 0.127 e. The molecule has 21 heavy (non-hydrogen) atoms. The van der Waals surface area contributed by atoms with E-state index in [1.54, 1.807) is 0 Å². The molecule has 0 fully saturated rings. The van der Waals surface area contributed by atoms with Gasteiger partial charge in [0, 0.05) is 12.6 Å². The van der Waals surface area contributed by atoms with Crippen LogP contribution in [0.25, 0.3) is 0 Å². The molecule has 0 saturated heterocycles. The number of nitrogens with one attached hydrogen (secondary N) is 1. The summed E-state index contributed by atoms with van der Waals surface area (Å²) in [5, 5.41) is 3.44. The summed E-state index contributed by atoms with van der Waals surface area (Å²) in [7, 11) is 0. The Bertz CT molecular complexity index is 573. The molecule has 0 saturated carbocycles. The van der Waals surface area contributed by atoms with Crippen LogP contribution in [0.15, 0.2) is 42.5 Å². The summed E-state index contributed by atoms with van der Waals surface area (Å²) >= 11 is 0. The third kappa shape index (κ3) is 4.61. The van der Waals surface area contributed by atoms with Gasteiger partial charge < -0.3 is 10.1 Å². The highest BCUT2D eigenvalue weighted by atomic mass is 16.5. The average Bonchev–Trinajstić information content (AvgIpc) is 2.47. The Hall–Kier alpha value is -1.80. The first-order valence-electron chi connectivity index (χ1n) is 7.68. The predicted octanol–water partition coefficient (Wildman–Crippen LogP) is 4.85. The second-order valence-corrected chi connectivity index (χ2v) is 5.72. The van der Waals surface area contributed by atoms with E-state index in [1.807, 2.05) is 18.2 Å². The molecular formula is C19H25NO. The molecule has 1 N–H and O–H groups in total. The van der Waals surface area contributed by atoms with Gasteiger partial charge in [-0.05, 0) is 54.3 Å². The molecule has 0 aliphatic carbocycles. The molecule has 0 bridgehead atoms. The first-order chi connectivity index (χ1) is 10.1. The maximum absolute atomic E-state index is 5.92. The quantitative estimate of drug-likeness (QED) is 0.818. The van der Waals surface area contributed by atoms with E-state index >= 15 is 0 Å². The Balaban J connectivity index is 2.05. The van der Waals surface area contributed by atoms with Crippen LogP contribution in [0.2, 0.25) is 0 Å². The summed E-state index contributed by atoms with van der Waals surface area (Å²) in [5.41, 5.74) is 3.90. The summed E-state index contributed by atoms with van der Waals surface area (Å²) in [6.45, 7) is 9.50. The molecule has 2 nitrogen and oxygen atoms in total. The lowest BCUT2D eigenvalue weighted by molar-refractivity contribution is 0.481. The minimum atomic E-state index is 0.498. The fraction of sp³-hybridized carbons (Fsp3) is 0.368. The highest BCUT2D eigenvalue weighted by Gasteiger charge is 2.03. The molecule has 0 atom stereocenters. The lowest BCUT2D eigenvalue weighted by Gasteiger charge is -2.12. The topological polar surface area (TPSA) is 21.3 Å². The van der Waals surface area contributed by atoms with Crippen molar-refractivity contribution in [1.29, 1.82) is 0 Å². The Morgan fingerprint density at radius 3 is 2.24 bits per heavy atom. The largest absolute Gasteiger partial charge is 0.457 e. The van der Waals surface area contributed by atoms with Gasteiger partial charge in [-0.25, -0.2) is 0 Å². The second-order valence-electron chi connectivity index (χ2n) is 5.72. The number of rotatable bonds is 6. The molecule has 0 heterocycles. The number of ether oxygens (including phenoxy) is 1. The minimum absolute atomic E-state index is 0.498. The third-order valence-electron chi connectivity index (χ3n) is 3.58. The summed E-state index contributed by atoms with van der Waals surface area (Å²) in [6.07, 6.45) is 1.05. The van der Waals surface area contributed by atoms with Gasteiger partial charge >= 0.3 is 0 Å². The molecule has 0 aliphatic rings. The Morgan fingerprint density at radius 2 is 1.67 bits per heavy atom. The van der Waals surface area contributed by atoms with E-state index in [1.165, 1.54) is 16.7 Å². The van der Waals surface area contributed by atoms with Gasteiger partial charge in [0.1, 0.15) is 11.5 Å². The Kier molecular flexibility index (Phi) is 5.40. The Morgan fingerprint density at radius 1 is 1.00 bits per heavy atom. The molecule has 0 radical (unpaired) electrons.